The molecule has 0 atom stereocenters. The van der Waals surface area contributed by atoms with Gasteiger partial charge in [-0.1, -0.05) is 164 Å². The van der Waals surface area contributed by atoms with Gasteiger partial charge in [0.2, 0.25) is 0 Å². The third-order valence-corrected chi connectivity index (χ3v) is 10.0. The molecule has 0 aliphatic carbocycles. The maximum atomic E-state index is 5.32. The van der Waals surface area contributed by atoms with Crippen LogP contribution in [0.1, 0.15) is 0 Å². The molecule has 1 heteroatoms. The van der Waals surface area contributed by atoms with Crippen LogP contribution in [-0.2, 0) is 0 Å². The molecule has 10 rings (SSSR count). The van der Waals surface area contributed by atoms with Gasteiger partial charge in [0.15, 0.2) is 0 Å². The van der Waals surface area contributed by atoms with E-state index in [4.69, 9.17) is 4.98 Å². The zero-order valence-corrected chi connectivity index (χ0v) is 26.2. The Labute approximate surface area is 278 Å². The summed E-state index contributed by atoms with van der Waals surface area (Å²) in [6.45, 7) is 0. The predicted molar refractivity (Wildman–Crippen MR) is 206 cm³/mol. The van der Waals surface area contributed by atoms with Crippen LogP contribution in [0.25, 0.3) is 98.3 Å². The van der Waals surface area contributed by atoms with Crippen molar-refractivity contribution >= 4 is 64.8 Å². The summed E-state index contributed by atoms with van der Waals surface area (Å²) in [5, 5.41) is 13.6. The number of hydrogen-bond acceptors (Lipinski definition) is 1. The average molecular weight is 608 g/mol. The molecule has 222 valence electrons. The second-order valence-corrected chi connectivity index (χ2v) is 12.6. The van der Waals surface area contributed by atoms with E-state index in [0.29, 0.717) is 0 Å². The van der Waals surface area contributed by atoms with Gasteiger partial charge in [-0.2, -0.15) is 0 Å². The fourth-order valence-corrected chi connectivity index (χ4v) is 7.99. The van der Waals surface area contributed by atoms with Crippen molar-refractivity contribution in [1.29, 1.82) is 0 Å². The maximum absolute atomic E-state index is 5.32. The normalized spacial score (nSPS) is 11.8. The first-order valence-corrected chi connectivity index (χ1v) is 16.6. The van der Waals surface area contributed by atoms with Crippen LogP contribution in [0.5, 0.6) is 0 Å². The van der Waals surface area contributed by atoms with Crippen molar-refractivity contribution in [2.45, 2.75) is 0 Å². The molecule has 0 radical (unpaired) electrons. The Morgan fingerprint density at radius 2 is 0.812 bits per heavy atom. The lowest BCUT2D eigenvalue weighted by molar-refractivity contribution is 1.43. The molecule has 0 aliphatic rings. The Morgan fingerprint density at radius 1 is 0.312 bits per heavy atom. The molecular formula is C47H29N. The average Bonchev–Trinajstić information content (AvgIpc) is 3.16. The number of aromatic nitrogens is 1. The largest absolute Gasteiger partial charge is 0.247 e. The number of para-hydroxylation sites is 1. The Bertz CT molecular complexity index is 2820. The molecule has 0 saturated carbocycles. The molecule has 0 unspecified atom stereocenters. The Kier molecular flexibility index (Phi) is 5.94. The number of hydrogen-bond donors (Lipinski definition) is 0. The molecule has 1 aromatic heterocycles. The molecule has 48 heavy (non-hydrogen) atoms. The fraction of sp³-hybridized carbons (Fsp3) is 0. The van der Waals surface area contributed by atoms with Crippen molar-refractivity contribution in [3.05, 3.63) is 176 Å². The summed E-state index contributed by atoms with van der Waals surface area (Å²) in [4.78, 5) is 5.32. The molecule has 0 bridgehead atoms. The zero-order chi connectivity index (χ0) is 31.6. The summed E-state index contributed by atoms with van der Waals surface area (Å²) in [5.74, 6) is 0. The molecule has 0 aliphatic heterocycles. The highest BCUT2D eigenvalue weighted by atomic mass is 14.7. The minimum atomic E-state index is 1.01. The maximum Gasteiger partial charge on any atom is 0.0788 e. The van der Waals surface area contributed by atoms with Crippen LogP contribution in [0.3, 0.4) is 0 Å². The number of pyridine rings is 1. The van der Waals surface area contributed by atoms with E-state index in [9.17, 15) is 0 Å². The monoisotopic (exact) mass is 607 g/mol. The van der Waals surface area contributed by atoms with Crippen molar-refractivity contribution in [3.8, 4) is 33.5 Å². The van der Waals surface area contributed by atoms with Gasteiger partial charge in [0.05, 0.1) is 11.2 Å². The van der Waals surface area contributed by atoms with Crippen LogP contribution in [0.15, 0.2) is 176 Å². The molecule has 1 heterocycles. The van der Waals surface area contributed by atoms with Gasteiger partial charge in [0, 0.05) is 21.7 Å². The molecule has 0 spiro atoms. The Hall–Kier alpha value is -6.31. The van der Waals surface area contributed by atoms with Gasteiger partial charge in [-0.15, -0.1) is 0 Å². The van der Waals surface area contributed by atoms with E-state index < -0.39 is 0 Å². The van der Waals surface area contributed by atoms with E-state index in [-0.39, 0.29) is 0 Å². The molecule has 1 nitrogen and oxygen atoms in total. The zero-order valence-electron chi connectivity index (χ0n) is 26.2. The van der Waals surface area contributed by atoms with Gasteiger partial charge < -0.3 is 0 Å². The van der Waals surface area contributed by atoms with Crippen LogP contribution in [-0.4, -0.2) is 4.98 Å². The van der Waals surface area contributed by atoms with Crippen LogP contribution in [0, 0.1) is 0 Å². The molecule has 9 aromatic carbocycles. The standard InChI is InChI=1S/C47H29N/c1-2-16-31(17-3-1)47-42-29-41(33-20-6-7-21-35(33)46(42)40-26-12-13-28-43(40)48-47)45-38-24-10-8-22-36(38)44(37-23-9-11-25-39(37)45)34-27-14-18-30-15-4-5-19-32(30)34/h1-29H. The molecule has 10 aromatic rings. The van der Waals surface area contributed by atoms with E-state index >= 15 is 0 Å². The third kappa shape index (κ3) is 3.95. The highest BCUT2D eigenvalue weighted by molar-refractivity contribution is 6.30. The molecule has 0 N–H and O–H groups in total. The first-order valence-electron chi connectivity index (χ1n) is 16.6. The predicted octanol–water partition coefficient (Wildman–Crippen LogP) is 13.0. The van der Waals surface area contributed by atoms with E-state index in [1.807, 2.05) is 0 Å². The summed E-state index contributed by atoms with van der Waals surface area (Å²) in [6, 6.07) is 63.9. The van der Waals surface area contributed by atoms with E-state index in [1.54, 1.807) is 0 Å². The van der Waals surface area contributed by atoms with E-state index in [1.165, 1.54) is 81.5 Å². The van der Waals surface area contributed by atoms with Crippen LogP contribution in [0.4, 0.5) is 0 Å². The fourth-order valence-electron chi connectivity index (χ4n) is 7.99. The number of rotatable bonds is 3. The Balaban J connectivity index is 1.41. The van der Waals surface area contributed by atoms with Crippen molar-refractivity contribution in [3.63, 3.8) is 0 Å². The van der Waals surface area contributed by atoms with E-state index in [2.05, 4.69) is 176 Å². The summed E-state index contributed by atoms with van der Waals surface area (Å²) in [5.41, 5.74) is 8.17. The minimum Gasteiger partial charge on any atom is -0.247 e. The van der Waals surface area contributed by atoms with Gasteiger partial charge in [-0.25, -0.2) is 4.98 Å². The molecule has 0 fully saturated rings. The van der Waals surface area contributed by atoms with Gasteiger partial charge in [-0.05, 0) is 77.5 Å². The molecule has 0 amide bonds. The number of benzene rings is 9. The molecular weight excluding hydrogens is 579 g/mol. The van der Waals surface area contributed by atoms with Crippen molar-refractivity contribution in [1.82, 2.24) is 4.98 Å². The van der Waals surface area contributed by atoms with Crippen molar-refractivity contribution in [2.24, 2.45) is 0 Å². The lowest BCUT2D eigenvalue weighted by atomic mass is 9.82. The van der Waals surface area contributed by atoms with Crippen LogP contribution in [0.2, 0.25) is 0 Å². The van der Waals surface area contributed by atoms with Gasteiger partial charge >= 0.3 is 0 Å². The van der Waals surface area contributed by atoms with Gasteiger partial charge in [0.1, 0.15) is 0 Å². The second-order valence-electron chi connectivity index (χ2n) is 12.6. The smallest absolute Gasteiger partial charge is 0.0788 e. The summed E-state index contributed by atoms with van der Waals surface area (Å²) in [6.07, 6.45) is 0. The first kappa shape index (κ1) is 26.9. The number of nitrogens with zero attached hydrogens (tertiary/aromatic N) is 1. The van der Waals surface area contributed by atoms with Crippen molar-refractivity contribution < 1.29 is 0 Å². The lowest BCUT2D eigenvalue weighted by Crippen LogP contribution is -1.95. The number of fused-ring (bicyclic) bond motifs is 8. The molecule has 0 saturated heterocycles. The summed E-state index contributed by atoms with van der Waals surface area (Å²) < 4.78 is 0. The summed E-state index contributed by atoms with van der Waals surface area (Å²) >= 11 is 0. The highest BCUT2D eigenvalue weighted by Gasteiger charge is 2.21. The van der Waals surface area contributed by atoms with Crippen molar-refractivity contribution in [2.75, 3.05) is 0 Å². The topological polar surface area (TPSA) is 12.9 Å². The quantitative estimate of drug-likeness (QED) is 0.144. The van der Waals surface area contributed by atoms with Crippen LogP contribution < -0.4 is 0 Å². The van der Waals surface area contributed by atoms with Gasteiger partial charge in [-0.3, -0.25) is 0 Å². The minimum absolute atomic E-state index is 1.01. The third-order valence-electron chi connectivity index (χ3n) is 10.0. The highest BCUT2D eigenvalue weighted by Crippen LogP contribution is 2.48. The Morgan fingerprint density at radius 3 is 1.50 bits per heavy atom. The first-order chi connectivity index (χ1) is 23.8. The lowest BCUT2D eigenvalue weighted by Gasteiger charge is -2.21. The van der Waals surface area contributed by atoms with Crippen LogP contribution >= 0.6 is 0 Å². The second kappa shape index (κ2) is 10.6. The van der Waals surface area contributed by atoms with E-state index in [0.717, 1.165) is 16.8 Å². The summed E-state index contributed by atoms with van der Waals surface area (Å²) in [7, 11) is 0. The van der Waals surface area contributed by atoms with Gasteiger partial charge in [0.25, 0.3) is 0 Å². The SMILES string of the molecule is c1ccc(-c2nc3ccccc3c3c2cc(-c2c4ccccc4c(-c4cccc5ccccc45)c4ccccc24)c2ccccc23)cc1.